The fourth-order valence-electron chi connectivity index (χ4n) is 2.04. The smallest absolute Gasteiger partial charge is 0.322 e. The number of hydrogen-bond acceptors (Lipinski definition) is 2. The normalized spacial score (nSPS) is 36.6. The average Bonchev–Trinajstić information content (AvgIpc) is 2.90. The summed E-state index contributed by atoms with van der Waals surface area (Å²) in [4.78, 5) is 0. The van der Waals surface area contributed by atoms with Gasteiger partial charge in [-0.3, -0.25) is 0 Å². The molecule has 84 valence electrons. The molecule has 2 nitrogen and oxygen atoms in total. The standard InChI is InChI=1S/C10H13F3N2/c11-10(12,13)7-2-1-5-9(15,8(7)14)6-3-4-6/h1-2,5-6,8H,3-4,14-15H2. The van der Waals surface area contributed by atoms with Crippen molar-refractivity contribution < 1.29 is 13.2 Å². The monoisotopic (exact) mass is 218 g/mol. The predicted molar refractivity (Wildman–Crippen MR) is 50.9 cm³/mol. The molecule has 0 aliphatic heterocycles. The van der Waals surface area contributed by atoms with Crippen LogP contribution in [-0.2, 0) is 0 Å². The van der Waals surface area contributed by atoms with Crippen molar-refractivity contribution in [2.75, 3.05) is 0 Å². The van der Waals surface area contributed by atoms with Gasteiger partial charge < -0.3 is 11.5 Å². The van der Waals surface area contributed by atoms with Gasteiger partial charge in [0.2, 0.25) is 0 Å². The molecule has 5 heteroatoms. The average molecular weight is 218 g/mol. The fourth-order valence-corrected chi connectivity index (χ4v) is 2.04. The first kappa shape index (κ1) is 10.7. The van der Waals surface area contributed by atoms with Crippen molar-refractivity contribution in [2.24, 2.45) is 17.4 Å². The van der Waals surface area contributed by atoms with E-state index in [1.165, 1.54) is 6.08 Å². The number of hydrogen-bond donors (Lipinski definition) is 2. The molecular weight excluding hydrogens is 205 g/mol. The van der Waals surface area contributed by atoms with E-state index in [1.807, 2.05) is 0 Å². The molecule has 1 saturated carbocycles. The minimum atomic E-state index is -4.39. The van der Waals surface area contributed by atoms with Gasteiger partial charge in [0.15, 0.2) is 0 Å². The van der Waals surface area contributed by atoms with Crippen LogP contribution < -0.4 is 11.5 Å². The van der Waals surface area contributed by atoms with Gasteiger partial charge in [-0.2, -0.15) is 13.2 Å². The van der Waals surface area contributed by atoms with Crippen molar-refractivity contribution in [1.29, 1.82) is 0 Å². The molecule has 2 aliphatic carbocycles. The van der Waals surface area contributed by atoms with Gasteiger partial charge in [-0.15, -0.1) is 0 Å². The van der Waals surface area contributed by atoms with Gasteiger partial charge in [0.25, 0.3) is 0 Å². The highest BCUT2D eigenvalue weighted by Gasteiger charge is 2.51. The Kier molecular flexibility index (Phi) is 2.20. The van der Waals surface area contributed by atoms with Gasteiger partial charge in [0.05, 0.1) is 17.2 Å². The second kappa shape index (κ2) is 3.09. The minimum Gasteiger partial charge on any atom is -0.322 e. The second-order valence-electron chi connectivity index (χ2n) is 4.23. The van der Waals surface area contributed by atoms with Crippen LogP contribution in [0.15, 0.2) is 23.8 Å². The summed E-state index contributed by atoms with van der Waals surface area (Å²) >= 11 is 0. The predicted octanol–water partition coefficient (Wildman–Crippen LogP) is 1.48. The van der Waals surface area contributed by atoms with Crippen molar-refractivity contribution in [2.45, 2.75) is 30.6 Å². The van der Waals surface area contributed by atoms with E-state index in [-0.39, 0.29) is 5.92 Å². The number of alkyl halides is 3. The lowest BCUT2D eigenvalue weighted by molar-refractivity contribution is -0.0977. The molecule has 0 aromatic heterocycles. The van der Waals surface area contributed by atoms with E-state index >= 15 is 0 Å². The van der Waals surface area contributed by atoms with Crippen molar-refractivity contribution in [3.8, 4) is 0 Å². The number of halogens is 3. The molecule has 0 aromatic carbocycles. The fraction of sp³-hybridized carbons (Fsp3) is 0.600. The molecule has 0 bridgehead atoms. The Balaban J connectivity index is 2.30. The van der Waals surface area contributed by atoms with Crippen molar-refractivity contribution in [3.05, 3.63) is 23.8 Å². The van der Waals surface area contributed by atoms with Crippen molar-refractivity contribution >= 4 is 0 Å². The summed E-state index contributed by atoms with van der Waals surface area (Å²) in [6.45, 7) is 0. The quantitative estimate of drug-likeness (QED) is 0.700. The molecule has 2 unspecified atom stereocenters. The third kappa shape index (κ3) is 1.70. The zero-order chi connectivity index (χ0) is 11.3. The molecular formula is C10H13F3N2. The lowest BCUT2D eigenvalue weighted by Crippen LogP contribution is -2.59. The Labute approximate surface area is 85.8 Å². The first-order valence-corrected chi connectivity index (χ1v) is 4.87. The molecule has 2 atom stereocenters. The molecule has 0 amide bonds. The third-order valence-electron chi connectivity index (χ3n) is 3.15. The first-order valence-electron chi connectivity index (χ1n) is 4.87. The summed E-state index contributed by atoms with van der Waals surface area (Å²) in [5.74, 6) is 0.0924. The molecule has 2 rings (SSSR count). The zero-order valence-electron chi connectivity index (χ0n) is 8.09. The number of rotatable bonds is 1. The maximum absolute atomic E-state index is 12.6. The SMILES string of the molecule is NC1C(C(F)(F)F)=CC=CC1(N)C1CC1. The van der Waals surface area contributed by atoms with Crippen LogP contribution in [0, 0.1) is 5.92 Å². The van der Waals surface area contributed by atoms with Gasteiger partial charge in [-0.05, 0) is 18.8 Å². The summed E-state index contributed by atoms with van der Waals surface area (Å²) in [7, 11) is 0. The van der Waals surface area contributed by atoms with Crippen LogP contribution in [0.25, 0.3) is 0 Å². The Hall–Kier alpha value is -0.810. The van der Waals surface area contributed by atoms with Crippen LogP contribution in [0.5, 0.6) is 0 Å². The van der Waals surface area contributed by atoms with Crippen LogP contribution in [0.2, 0.25) is 0 Å². The molecule has 2 aliphatic rings. The van der Waals surface area contributed by atoms with Gasteiger partial charge >= 0.3 is 6.18 Å². The summed E-state index contributed by atoms with van der Waals surface area (Å²) in [5.41, 5.74) is 9.83. The van der Waals surface area contributed by atoms with E-state index in [0.29, 0.717) is 0 Å². The van der Waals surface area contributed by atoms with Crippen LogP contribution in [0.1, 0.15) is 12.8 Å². The van der Waals surface area contributed by atoms with Gasteiger partial charge in [0.1, 0.15) is 0 Å². The van der Waals surface area contributed by atoms with E-state index in [0.717, 1.165) is 18.9 Å². The van der Waals surface area contributed by atoms with E-state index in [9.17, 15) is 13.2 Å². The molecule has 0 heterocycles. The highest BCUT2D eigenvalue weighted by Crippen LogP contribution is 2.45. The molecule has 1 fully saturated rings. The van der Waals surface area contributed by atoms with Crippen LogP contribution in [-0.4, -0.2) is 17.8 Å². The third-order valence-corrected chi connectivity index (χ3v) is 3.15. The maximum Gasteiger partial charge on any atom is 0.414 e. The number of nitrogens with two attached hydrogens (primary N) is 2. The molecule has 0 aromatic rings. The summed E-state index contributed by atoms with van der Waals surface area (Å²) in [6.07, 6.45) is 1.32. The van der Waals surface area contributed by atoms with E-state index in [1.54, 1.807) is 6.08 Å². The van der Waals surface area contributed by atoms with Crippen LogP contribution >= 0.6 is 0 Å². The lowest BCUT2D eigenvalue weighted by atomic mass is 9.78. The molecule has 0 saturated heterocycles. The second-order valence-corrected chi connectivity index (χ2v) is 4.23. The van der Waals surface area contributed by atoms with E-state index in [2.05, 4.69) is 0 Å². The number of allylic oxidation sites excluding steroid dienone is 2. The Morgan fingerprint density at radius 1 is 1.33 bits per heavy atom. The Morgan fingerprint density at radius 2 is 1.93 bits per heavy atom. The van der Waals surface area contributed by atoms with Crippen molar-refractivity contribution in [1.82, 2.24) is 0 Å². The summed E-state index contributed by atoms with van der Waals surface area (Å²) < 4.78 is 37.7. The topological polar surface area (TPSA) is 52.0 Å². The molecule has 4 N–H and O–H groups in total. The lowest BCUT2D eigenvalue weighted by Gasteiger charge is -2.37. The Morgan fingerprint density at radius 3 is 2.40 bits per heavy atom. The minimum absolute atomic E-state index is 0.0924. The van der Waals surface area contributed by atoms with E-state index in [4.69, 9.17) is 11.5 Å². The van der Waals surface area contributed by atoms with Gasteiger partial charge in [-0.1, -0.05) is 18.2 Å². The zero-order valence-corrected chi connectivity index (χ0v) is 8.09. The summed E-state index contributed by atoms with van der Waals surface area (Å²) in [6, 6.07) is -1.14. The van der Waals surface area contributed by atoms with Crippen LogP contribution in [0.4, 0.5) is 13.2 Å². The van der Waals surface area contributed by atoms with E-state index < -0.39 is 23.3 Å². The molecule has 0 spiro atoms. The first-order chi connectivity index (χ1) is 6.86. The molecule has 15 heavy (non-hydrogen) atoms. The van der Waals surface area contributed by atoms with Crippen LogP contribution in [0.3, 0.4) is 0 Å². The largest absolute Gasteiger partial charge is 0.414 e. The molecule has 0 radical (unpaired) electrons. The highest BCUT2D eigenvalue weighted by molar-refractivity contribution is 5.37. The maximum atomic E-state index is 12.6. The highest BCUT2D eigenvalue weighted by atomic mass is 19.4. The summed E-state index contributed by atoms with van der Waals surface area (Å²) in [5, 5.41) is 0. The van der Waals surface area contributed by atoms with Crippen molar-refractivity contribution in [3.63, 3.8) is 0 Å². The Bertz CT molecular complexity index is 328. The van der Waals surface area contributed by atoms with Gasteiger partial charge in [0, 0.05) is 0 Å². The van der Waals surface area contributed by atoms with Gasteiger partial charge in [-0.25, -0.2) is 0 Å².